The van der Waals surface area contributed by atoms with Crippen molar-refractivity contribution < 1.29 is 9.47 Å². The molecule has 1 aromatic rings. The van der Waals surface area contributed by atoms with Crippen molar-refractivity contribution in [1.29, 1.82) is 0 Å². The van der Waals surface area contributed by atoms with Crippen LogP contribution in [0.25, 0.3) is 0 Å². The van der Waals surface area contributed by atoms with E-state index in [0.717, 1.165) is 56.2 Å². The summed E-state index contributed by atoms with van der Waals surface area (Å²) < 4.78 is 13.5. The van der Waals surface area contributed by atoms with Crippen LogP contribution in [0.1, 0.15) is 24.1 Å². The van der Waals surface area contributed by atoms with Gasteiger partial charge in [0.05, 0.1) is 18.9 Å². The van der Waals surface area contributed by atoms with Gasteiger partial charge in [0.25, 0.3) is 0 Å². The molecule has 0 amide bonds. The molecule has 2 fully saturated rings. The van der Waals surface area contributed by atoms with Crippen molar-refractivity contribution >= 4 is 5.82 Å². The van der Waals surface area contributed by atoms with Gasteiger partial charge in [-0.05, 0) is 6.92 Å². The van der Waals surface area contributed by atoms with E-state index in [1.807, 2.05) is 18.7 Å². The summed E-state index contributed by atoms with van der Waals surface area (Å²) in [5, 5.41) is 4.48. The van der Waals surface area contributed by atoms with Crippen LogP contribution >= 0.6 is 0 Å². The van der Waals surface area contributed by atoms with Crippen molar-refractivity contribution in [3.05, 3.63) is 11.3 Å². The lowest BCUT2D eigenvalue weighted by Gasteiger charge is -2.38. The van der Waals surface area contributed by atoms with E-state index in [1.54, 1.807) is 0 Å². The quantitative estimate of drug-likeness (QED) is 0.846. The molecule has 3 heterocycles. The summed E-state index contributed by atoms with van der Waals surface area (Å²) >= 11 is 0. The second-order valence-corrected chi connectivity index (χ2v) is 5.31. The molecule has 0 radical (unpaired) electrons. The maximum absolute atomic E-state index is 5.86. The Bertz CT molecular complexity index is 455. The van der Waals surface area contributed by atoms with E-state index in [1.165, 1.54) is 0 Å². The van der Waals surface area contributed by atoms with Crippen molar-refractivity contribution in [3.8, 4) is 0 Å². The number of aryl methyl sites for hydroxylation is 2. The van der Waals surface area contributed by atoms with Crippen molar-refractivity contribution in [2.24, 2.45) is 12.8 Å². The van der Waals surface area contributed by atoms with Crippen LogP contribution in [0.15, 0.2) is 0 Å². The van der Waals surface area contributed by atoms with Gasteiger partial charge < -0.3 is 20.1 Å². The molecule has 0 aromatic carbocycles. The summed E-state index contributed by atoms with van der Waals surface area (Å²) in [6, 6.07) is 0. The Morgan fingerprint density at radius 3 is 2.47 bits per heavy atom. The van der Waals surface area contributed by atoms with Crippen LogP contribution in [0.4, 0.5) is 5.82 Å². The van der Waals surface area contributed by atoms with Crippen molar-refractivity contribution in [2.75, 3.05) is 31.2 Å². The van der Waals surface area contributed by atoms with Gasteiger partial charge in [0.2, 0.25) is 0 Å². The highest BCUT2D eigenvalue weighted by Gasteiger charge is 2.40. The van der Waals surface area contributed by atoms with Crippen LogP contribution in [0, 0.1) is 6.92 Å². The van der Waals surface area contributed by atoms with E-state index >= 15 is 0 Å². The lowest BCUT2D eigenvalue weighted by molar-refractivity contribution is -0.169. The highest BCUT2D eigenvalue weighted by molar-refractivity contribution is 5.50. The van der Waals surface area contributed by atoms with Gasteiger partial charge in [0.1, 0.15) is 5.82 Å². The van der Waals surface area contributed by atoms with Gasteiger partial charge in [-0.3, -0.25) is 4.68 Å². The van der Waals surface area contributed by atoms with Gasteiger partial charge in [-0.25, -0.2) is 0 Å². The molecular formula is C13H22N4O2. The number of piperidine rings is 1. The molecule has 6 heteroatoms. The Labute approximate surface area is 113 Å². The molecule has 0 saturated carbocycles. The van der Waals surface area contributed by atoms with E-state index < -0.39 is 0 Å². The standard InChI is InChI=1S/C13H22N4O2/c1-10-11(9-14)12(16(2)15-10)17-5-3-13(4-6-17)18-7-8-19-13/h3-9,14H2,1-2H3. The van der Waals surface area contributed by atoms with Crippen molar-refractivity contribution in [2.45, 2.75) is 32.1 Å². The Hall–Kier alpha value is -1.11. The maximum Gasteiger partial charge on any atom is 0.171 e. The molecule has 2 saturated heterocycles. The number of nitrogens with two attached hydrogens (primary N) is 1. The molecule has 1 aromatic heterocycles. The first-order valence-electron chi connectivity index (χ1n) is 6.90. The third-order valence-corrected chi connectivity index (χ3v) is 4.16. The minimum Gasteiger partial charge on any atom is -0.356 e. The van der Waals surface area contributed by atoms with Gasteiger partial charge >= 0.3 is 0 Å². The second kappa shape index (κ2) is 4.77. The highest BCUT2D eigenvalue weighted by atomic mass is 16.7. The molecular weight excluding hydrogens is 244 g/mol. The smallest absolute Gasteiger partial charge is 0.171 e. The minimum atomic E-state index is -0.326. The number of nitrogens with zero attached hydrogens (tertiary/aromatic N) is 3. The lowest BCUT2D eigenvalue weighted by Crippen LogP contribution is -2.46. The summed E-state index contributed by atoms with van der Waals surface area (Å²) in [4.78, 5) is 2.35. The average Bonchev–Trinajstić information content (AvgIpc) is 2.96. The van der Waals surface area contributed by atoms with Crippen LogP contribution in [0.3, 0.4) is 0 Å². The van der Waals surface area contributed by atoms with Gasteiger partial charge in [-0.2, -0.15) is 5.10 Å². The summed E-state index contributed by atoms with van der Waals surface area (Å²) in [7, 11) is 1.98. The number of anilines is 1. The molecule has 19 heavy (non-hydrogen) atoms. The van der Waals surface area contributed by atoms with Crippen LogP contribution in [0.2, 0.25) is 0 Å². The van der Waals surface area contributed by atoms with Crippen LogP contribution in [0.5, 0.6) is 0 Å². The fourth-order valence-electron chi connectivity index (χ4n) is 3.17. The summed E-state index contributed by atoms with van der Waals surface area (Å²) in [5.74, 6) is 0.820. The number of aromatic nitrogens is 2. The molecule has 0 unspecified atom stereocenters. The predicted molar refractivity (Wildman–Crippen MR) is 71.9 cm³/mol. The van der Waals surface area contributed by atoms with Gasteiger partial charge in [0, 0.05) is 45.1 Å². The Kier molecular flexibility index (Phi) is 3.24. The maximum atomic E-state index is 5.86. The lowest BCUT2D eigenvalue weighted by atomic mass is 10.0. The van der Waals surface area contributed by atoms with Crippen LogP contribution in [-0.2, 0) is 23.1 Å². The molecule has 2 N–H and O–H groups in total. The number of ether oxygens (including phenoxy) is 2. The van der Waals surface area contributed by atoms with E-state index in [4.69, 9.17) is 15.2 Å². The highest BCUT2D eigenvalue weighted by Crippen LogP contribution is 2.34. The second-order valence-electron chi connectivity index (χ2n) is 5.31. The average molecular weight is 266 g/mol. The first-order valence-corrected chi connectivity index (χ1v) is 6.90. The zero-order chi connectivity index (χ0) is 13.5. The van der Waals surface area contributed by atoms with E-state index in [2.05, 4.69) is 10.00 Å². The summed E-state index contributed by atoms with van der Waals surface area (Å²) in [6.45, 7) is 5.83. The van der Waals surface area contributed by atoms with Crippen molar-refractivity contribution in [3.63, 3.8) is 0 Å². The number of hydrogen-bond acceptors (Lipinski definition) is 5. The third kappa shape index (κ3) is 2.13. The minimum absolute atomic E-state index is 0.326. The fourth-order valence-corrected chi connectivity index (χ4v) is 3.17. The third-order valence-electron chi connectivity index (χ3n) is 4.16. The number of rotatable bonds is 2. The molecule has 106 valence electrons. The monoisotopic (exact) mass is 266 g/mol. The first-order chi connectivity index (χ1) is 9.15. The van der Waals surface area contributed by atoms with E-state index in [-0.39, 0.29) is 5.79 Å². The normalized spacial score (nSPS) is 22.4. The Balaban J connectivity index is 1.78. The molecule has 0 aliphatic carbocycles. The predicted octanol–water partition coefficient (Wildman–Crippen LogP) is 0.531. The van der Waals surface area contributed by atoms with E-state index in [0.29, 0.717) is 6.54 Å². The largest absolute Gasteiger partial charge is 0.356 e. The molecule has 1 spiro atoms. The van der Waals surface area contributed by atoms with E-state index in [9.17, 15) is 0 Å². The Morgan fingerprint density at radius 1 is 1.26 bits per heavy atom. The number of hydrogen-bond donors (Lipinski definition) is 1. The molecule has 0 bridgehead atoms. The molecule has 6 nitrogen and oxygen atoms in total. The molecule has 2 aliphatic rings. The zero-order valence-corrected chi connectivity index (χ0v) is 11.7. The molecule has 0 atom stereocenters. The SMILES string of the molecule is Cc1nn(C)c(N2CCC3(CC2)OCCO3)c1CN. The van der Waals surface area contributed by atoms with Gasteiger partial charge in [0.15, 0.2) is 5.79 Å². The zero-order valence-electron chi connectivity index (χ0n) is 11.7. The first kappa shape index (κ1) is 12.9. The molecule has 2 aliphatic heterocycles. The molecule has 3 rings (SSSR count). The topological polar surface area (TPSA) is 65.5 Å². The summed E-state index contributed by atoms with van der Waals surface area (Å²) in [5.41, 5.74) is 8.02. The van der Waals surface area contributed by atoms with Crippen LogP contribution < -0.4 is 10.6 Å². The fraction of sp³-hybridized carbons (Fsp3) is 0.769. The van der Waals surface area contributed by atoms with Crippen LogP contribution in [-0.4, -0.2) is 41.9 Å². The Morgan fingerprint density at radius 2 is 1.89 bits per heavy atom. The van der Waals surface area contributed by atoms with Gasteiger partial charge in [-0.1, -0.05) is 0 Å². The van der Waals surface area contributed by atoms with Crippen molar-refractivity contribution in [1.82, 2.24) is 9.78 Å². The van der Waals surface area contributed by atoms with Gasteiger partial charge in [-0.15, -0.1) is 0 Å². The summed E-state index contributed by atoms with van der Waals surface area (Å²) in [6.07, 6.45) is 1.81.